The number of halogens is 2. The van der Waals surface area contributed by atoms with Crippen LogP contribution in [0.3, 0.4) is 0 Å². The fourth-order valence-corrected chi connectivity index (χ4v) is 1.86. The van der Waals surface area contributed by atoms with Gasteiger partial charge in [-0.25, -0.2) is 4.39 Å². The quantitative estimate of drug-likeness (QED) is 0.637. The first-order chi connectivity index (χ1) is 7.57. The smallest absolute Gasteiger partial charge is 0.492 e. The van der Waals surface area contributed by atoms with Crippen molar-refractivity contribution >= 4 is 28.5 Å². The summed E-state index contributed by atoms with van der Waals surface area (Å²) in [4.78, 5) is 0. The van der Waals surface area contributed by atoms with Crippen molar-refractivity contribution in [3.63, 3.8) is 0 Å². The second-order valence-electron chi connectivity index (χ2n) is 3.35. The Morgan fingerprint density at radius 1 is 1.44 bits per heavy atom. The first-order valence-corrected chi connectivity index (χ1v) is 5.84. The summed E-state index contributed by atoms with van der Waals surface area (Å²) < 4.78 is 18.9. The van der Waals surface area contributed by atoms with Crippen LogP contribution >= 0.6 is 15.9 Å². The first kappa shape index (κ1) is 13.5. The third-order valence-corrected chi connectivity index (χ3v) is 2.92. The molecule has 3 nitrogen and oxygen atoms in total. The lowest BCUT2D eigenvalue weighted by atomic mass is 9.80. The molecule has 0 saturated heterocycles. The summed E-state index contributed by atoms with van der Waals surface area (Å²) in [5.74, 6) is -0.261. The number of benzene rings is 1. The lowest BCUT2D eigenvalue weighted by Crippen LogP contribution is -2.34. The summed E-state index contributed by atoms with van der Waals surface area (Å²) in [5, 5.41) is 18.0. The lowest BCUT2D eigenvalue weighted by molar-refractivity contribution is 0.307. The number of hydrogen-bond acceptors (Lipinski definition) is 3. The molecular weight excluding hydrogens is 278 g/mol. The van der Waals surface area contributed by atoms with Crippen molar-refractivity contribution < 1.29 is 19.2 Å². The highest BCUT2D eigenvalue weighted by atomic mass is 79.9. The molecule has 0 unspecified atom stereocenters. The Labute approximate surface area is 103 Å². The van der Waals surface area contributed by atoms with Crippen molar-refractivity contribution in [3.8, 4) is 5.75 Å². The van der Waals surface area contributed by atoms with Gasteiger partial charge < -0.3 is 14.8 Å². The SMILES string of the molecule is CCCCOc1ccc(F)c(B(O)O)c1Br. The molecule has 0 aliphatic carbocycles. The van der Waals surface area contributed by atoms with E-state index in [4.69, 9.17) is 14.8 Å². The first-order valence-electron chi connectivity index (χ1n) is 5.04. The molecule has 16 heavy (non-hydrogen) atoms. The van der Waals surface area contributed by atoms with Gasteiger partial charge in [0.15, 0.2) is 0 Å². The molecular formula is C10H13BBrFO3. The third-order valence-electron chi connectivity index (χ3n) is 2.10. The highest BCUT2D eigenvalue weighted by Gasteiger charge is 2.22. The van der Waals surface area contributed by atoms with E-state index in [1.165, 1.54) is 6.07 Å². The predicted octanol–water partition coefficient (Wildman–Crippen LogP) is 1.45. The van der Waals surface area contributed by atoms with Gasteiger partial charge in [-0.1, -0.05) is 13.3 Å². The Kier molecular flexibility index (Phi) is 5.24. The number of hydrogen-bond donors (Lipinski definition) is 2. The van der Waals surface area contributed by atoms with Gasteiger partial charge in [-0.3, -0.25) is 0 Å². The van der Waals surface area contributed by atoms with E-state index in [-0.39, 0.29) is 9.94 Å². The Morgan fingerprint density at radius 3 is 2.69 bits per heavy atom. The maximum atomic E-state index is 13.3. The van der Waals surface area contributed by atoms with E-state index in [0.717, 1.165) is 18.9 Å². The molecule has 0 aliphatic rings. The molecule has 0 heterocycles. The van der Waals surface area contributed by atoms with Crippen LogP contribution in [0.15, 0.2) is 16.6 Å². The van der Waals surface area contributed by atoms with Crippen LogP contribution in [0.2, 0.25) is 0 Å². The molecule has 1 aromatic carbocycles. The van der Waals surface area contributed by atoms with E-state index in [1.54, 1.807) is 0 Å². The zero-order valence-corrected chi connectivity index (χ0v) is 10.5. The number of rotatable bonds is 5. The summed E-state index contributed by atoms with van der Waals surface area (Å²) in [6, 6.07) is 2.61. The average Bonchev–Trinajstić information content (AvgIpc) is 2.21. The van der Waals surface area contributed by atoms with Gasteiger partial charge in [-0.2, -0.15) is 0 Å². The van der Waals surface area contributed by atoms with Crippen LogP contribution in [-0.2, 0) is 0 Å². The summed E-state index contributed by atoms with van der Waals surface area (Å²) in [6.45, 7) is 2.55. The molecule has 0 radical (unpaired) electrons. The minimum atomic E-state index is -1.86. The molecule has 0 aliphatic heterocycles. The zero-order valence-electron chi connectivity index (χ0n) is 8.91. The standard InChI is InChI=1S/C10H13BBrFO3/c1-2-3-6-16-8-5-4-7(13)9(10(8)12)11(14)15/h4-5,14-15H,2-3,6H2,1H3. The van der Waals surface area contributed by atoms with Crippen LogP contribution in [-0.4, -0.2) is 23.8 Å². The van der Waals surface area contributed by atoms with E-state index >= 15 is 0 Å². The maximum absolute atomic E-state index is 13.3. The van der Waals surface area contributed by atoms with Crippen molar-refractivity contribution in [1.82, 2.24) is 0 Å². The molecule has 0 bridgehead atoms. The van der Waals surface area contributed by atoms with Gasteiger partial charge in [0.2, 0.25) is 0 Å². The highest BCUT2D eigenvalue weighted by Crippen LogP contribution is 2.24. The van der Waals surface area contributed by atoms with Crippen LogP contribution in [0.1, 0.15) is 19.8 Å². The molecule has 0 atom stereocenters. The zero-order chi connectivity index (χ0) is 12.1. The van der Waals surface area contributed by atoms with Gasteiger partial charge in [0.1, 0.15) is 11.6 Å². The van der Waals surface area contributed by atoms with E-state index in [1.807, 2.05) is 6.92 Å². The molecule has 0 fully saturated rings. The fourth-order valence-electron chi connectivity index (χ4n) is 1.22. The average molecular weight is 291 g/mol. The maximum Gasteiger partial charge on any atom is 0.492 e. The second kappa shape index (κ2) is 6.22. The van der Waals surface area contributed by atoms with E-state index < -0.39 is 12.9 Å². The molecule has 1 rings (SSSR count). The van der Waals surface area contributed by atoms with Crippen molar-refractivity contribution in [1.29, 1.82) is 0 Å². The summed E-state index contributed by atoms with van der Waals surface area (Å²) in [5.41, 5.74) is -0.200. The monoisotopic (exact) mass is 290 g/mol. The molecule has 0 aromatic heterocycles. The van der Waals surface area contributed by atoms with Crippen molar-refractivity contribution in [2.45, 2.75) is 19.8 Å². The largest absolute Gasteiger partial charge is 0.492 e. The van der Waals surface area contributed by atoms with Crippen LogP contribution in [0.5, 0.6) is 5.75 Å². The normalized spacial score (nSPS) is 10.3. The van der Waals surface area contributed by atoms with Crippen LogP contribution in [0.25, 0.3) is 0 Å². The van der Waals surface area contributed by atoms with Gasteiger partial charge >= 0.3 is 7.12 Å². The van der Waals surface area contributed by atoms with Crippen molar-refractivity contribution in [2.24, 2.45) is 0 Å². The topological polar surface area (TPSA) is 49.7 Å². The highest BCUT2D eigenvalue weighted by molar-refractivity contribution is 9.10. The molecule has 88 valence electrons. The van der Waals surface area contributed by atoms with Crippen molar-refractivity contribution in [2.75, 3.05) is 6.61 Å². The van der Waals surface area contributed by atoms with Gasteiger partial charge in [0.25, 0.3) is 0 Å². The second-order valence-corrected chi connectivity index (χ2v) is 4.14. The predicted molar refractivity (Wildman–Crippen MR) is 64.3 cm³/mol. The van der Waals surface area contributed by atoms with Gasteiger partial charge in [0, 0.05) is 5.46 Å². The third kappa shape index (κ3) is 3.20. The Hall–Kier alpha value is -0.585. The summed E-state index contributed by atoms with van der Waals surface area (Å²) >= 11 is 3.10. The van der Waals surface area contributed by atoms with Crippen molar-refractivity contribution in [3.05, 3.63) is 22.4 Å². The minimum absolute atomic E-state index is 0.200. The molecule has 6 heteroatoms. The molecule has 1 aromatic rings. The minimum Gasteiger partial charge on any atom is -0.492 e. The Morgan fingerprint density at radius 2 is 2.12 bits per heavy atom. The summed E-state index contributed by atoms with van der Waals surface area (Å²) in [7, 11) is -1.86. The Balaban J connectivity index is 2.90. The van der Waals surface area contributed by atoms with Crippen LogP contribution in [0.4, 0.5) is 4.39 Å². The summed E-state index contributed by atoms with van der Waals surface area (Å²) in [6.07, 6.45) is 1.88. The van der Waals surface area contributed by atoms with Gasteiger partial charge in [0.05, 0.1) is 11.1 Å². The molecule has 2 N–H and O–H groups in total. The van der Waals surface area contributed by atoms with E-state index in [2.05, 4.69) is 15.9 Å². The molecule has 0 amide bonds. The number of unbranched alkanes of at least 4 members (excludes halogenated alkanes) is 1. The van der Waals surface area contributed by atoms with E-state index in [0.29, 0.717) is 12.4 Å². The van der Waals surface area contributed by atoms with Gasteiger partial charge in [-0.05, 0) is 34.5 Å². The number of ether oxygens (including phenoxy) is 1. The Bertz CT molecular complexity index is 360. The molecule has 0 saturated carbocycles. The van der Waals surface area contributed by atoms with Crippen LogP contribution in [0, 0.1) is 5.82 Å². The van der Waals surface area contributed by atoms with Crippen LogP contribution < -0.4 is 10.2 Å². The van der Waals surface area contributed by atoms with E-state index in [9.17, 15) is 4.39 Å². The fraction of sp³-hybridized carbons (Fsp3) is 0.400. The molecule has 0 spiro atoms. The van der Waals surface area contributed by atoms with Gasteiger partial charge in [-0.15, -0.1) is 0 Å². The lowest BCUT2D eigenvalue weighted by Gasteiger charge is -2.11.